The Labute approximate surface area is 124 Å². The van der Waals surface area contributed by atoms with E-state index in [4.69, 9.17) is 16.2 Å². The molecule has 0 saturated heterocycles. The van der Waals surface area contributed by atoms with E-state index in [1.807, 2.05) is 0 Å². The minimum atomic E-state index is -1.95. The monoisotopic (exact) mass is 316 g/mol. The summed E-state index contributed by atoms with van der Waals surface area (Å²) >= 11 is 0. The predicted molar refractivity (Wildman–Crippen MR) is 72.3 cm³/mol. The fourth-order valence-electron chi connectivity index (χ4n) is 2.13. The highest BCUT2D eigenvalue weighted by Crippen LogP contribution is 2.34. The van der Waals surface area contributed by atoms with Gasteiger partial charge in [-0.2, -0.15) is 0 Å². The van der Waals surface area contributed by atoms with E-state index in [0.29, 0.717) is 0 Å². The molecule has 1 amide bonds. The van der Waals surface area contributed by atoms with Crippen molar-refractivity contribution < 1.29 is 22.7 Å². The van der Waals surface area contributed by atoms with Crippen molar-refractivity contribution in [3.63, 3.8) is 0 Å². The Morgan fingerprint density at radius 3 is 2.59 bits per heavy atom. The van der Waals surface area contributed by atoms with Crippen LogP contribution in [-0.4, -0.2) is 42.3 Å². The van der Waals surface area contributed by atoms with Crippen LogP contribution in [0.4, 0.5) is 13.2 Å². The summed E-state index contributed by atoms with van der Waals surface area (Å²) < 4.78 is 45.2. The molecule has 9 heteroatoms. The van der Waals surface area contributed by atoms with Crippen molar-refractivity contribution in [1.29, 1.82) is 0 Å². The molecule has 2 heterocycles. The molecular weight excluding hydrogens is 301 g/mol. The molecule has 1 aliphatic rings. The molecule has 1 aromatic rings. The zero-order valence-corrected chi connectivity index (χ0v) is 11.8. The molecule has 120 valence electrons. The lowest BCUT2D eigenvalue weighted by Crippen LogP contribution is -2.56. The van der Waals surface area contributed by atoms with Crippen LogP contribution in [0.15, 0.2) is 17.3 Å². The van der Waals surface area contributed by atoms with Crippen molar-refractivity contribution >= 4 is 11.7 Å². The Morgan fingerprint density at radius 1 is 1.45 bits per heavy atom. The van der Waals surface area contributed by atoms with Crippen molar-refractivity contribution in [2.75, 3.05) is 20.0 Å². The Bertz CT molecular complexity index is 634. The van der Waals surface area contributed by atoms with E-state index in [9.17, 15) is 18.0 Å². The van der Waals surface area contributed by atoms with Crippen molar-refractivity contribution in [2.24, 2.45) is 16.5 Å². The van der Waals surface area contributed by atoms with E-state index in [1.54, 1.807) is 0 Å². The van der Waals surface area contributed by atoms with Crippen LogP contribution in [-0.2, 0) is 10.3 Å². The number of halogens is 3. The van der Waals surface area contributed by atoms with Crippen LogP contribution in [0, 0.1) is 5.82 Å². The summed E-state index contributed by atoms with van der Waals surface area (Å²) in [7, 11) is 0. The van der Waals surface area contributed by atoms with E-state index >= 15 is 0 Å². The first-order valence-electron chi connectivity index (χ1n) is 6.35. The summed E-state index contributed by atoms with van der Waals surface area (Å²) in [6, 6.07) is 1.12. The fourth-order valence-corrected chi connectivity index (χ4v) is 2.13. The summed E-state index contributed by atoms with van der Waals surface area (Å²) in [5.74, 6) is -2.02. The molecule has 0 aliphatic carbocycles. The molecule has 2 rings (SSSR count). The topological polar surface area (TPSA) is 104 Å². The van der Waals surface area contributed by atoms with Gasteiger partial charge in [-0.1, -0.05) is 0 Å². The summed E-state index contributed by atoms with van der Waals surface area (Å²) in [6.45, 7) is -1.25. The third kappa shape index (κ3) is 2.52. The largest absolute Gasteiger partial charge is 0.385 e. The van der Waals surface area contributed by atoms with Gasteiger partial charge in [-0.05, 0) is 13.0 Å². The van der Waals surface area contributed by atoms with E-state index < -0.39 is 42.0 Å². The fraction of sp³-hybridized carbons (Fsp3) is 0.462. The van der Waals surface area contributed by atoms with Gasteiger partial charge in [0.05, 0.1) is 12.8 Å². The van der Waals surface area contributed by atoms with Gasteiger partial charge in [0.15, 0.2) is 5.60 Å². The van der Waals surface area contributed by atoms with E-state index in [-0.39, 0.29) is 17.9 Å². The molecule has 1 aromatic heterocycles. The van der Waals surface area contributed by atoms with Crippen LogP contribution >= 0.6 is 0 Å². The summed E-state index contributed by atoms with van der Waals surface area (Å²) in [5, 5.41) is 0. The second kappa shape index (κ2) is 5.56. The summed E-state index contributed by atoms with van der Waals surface area (Å²) in [5.41, 5.74) is 7.20. The molecule has 4 N–H and O–H groups in total. The van der Waals surface area contributed by atoms with Crippen LogP contribution in [0.3, 0.4) is 0 Å². The number of nitrogens with zero attached hydrogens (tertiary/aromatic N) is 2. The van der Waals surface area contributed by atoms with Gasteiger partial charge in [-0.25, -0.2) is 18.2 Å². The number of hydrogen-bond acceptors (Lipinski definition) is 5. The van der Waals surface area contributed by atoms with Crippen LogP contribution in [0.5, 0.6) is 0 Å². The lowest BCUT2D eigenvalue weighted by molar-refractivity contribution is -0.0575. The lowest BCUT2D eigenvalue weighted by Gasteiger charge is -2.39. The maximum Gasteiger partial charge on any atom is 0.267 e. The van der Waals surface area contributed by atoms with Crippen molar-refractivity contribution in [3.8, 4) is 0 Å². The molecule has 22 heavy (non-hydrogen) atoms. The number of amidine groups is 1. The van der Waals surface area contributed by atoms with Crippen molar-refractivity contribution in [1.82, 2.24) is 4.98 Å². The zero-order chi connectivity index (χ0) is 16.5. The van der Waals surface area contributed by atoms with Gasteiger partial charge in [-0.3, -0.25) is 9.79 Å². The van der Waals surface area contributed by atoms with Gasteiger partial charge >= 0.3 is 0 Å². The van der Waals surface area contributed by atoms with Gasteiger partial charge in [0, 0.05) is 5.56 Å². The standard InChI is InChI=1S/C13H15F3N4O2/c1-12(6-22-13(4-14,5-15)11(18)20-12)7-2-9(10(17)21)19-3-8(7)16/h2-3H,4-6H2,1H3,(H2,17,21)(H2,18,20)/t12-/m0/s1. The molecule has 0 saturated carbocycles. The number of carbonyl (C=O) groups excluding carboxylic acids is 1. The van der Waals surface area contributed by atoms with E-state index in [0.717, 1.165) is 12.3 Å². The third-order valence-electron chi connectivity index (χ3n) is 3.58. The number of hydrogen-bond donors (Lipinski definition) is 2. The summed E-state index contributed by atoms with van der Waals surface area (Å²) in [4.78, 5) is 18.7. The minimum Gasteiger partial charge on any atom is -0.385 e. The Kier molecular flexibility index (Phi) is 4.10. The van der Waals surface area contributed by atoms with Gasteiger partial charge in [0.25, 0.3) is 5.91 Å². The van der Waals surface area contributed by atoms with Crippen LogP contribution in [0.25, 0.3) is 0 Å². The number of alkyl halides is 2. The molecule has 1 atom stereocenters. The Balaban J connectivity index is 2.51. The molecule has 0 radical (unpaired) electrons. The molecule has 0 fully saturated rings. The first-order valence-corrected chi connectivity index (χ1v) is 6.35. The number of carbonyl (C=O) groups is 1. The van der Waals surface area contributed by atoms with E-state index in [2.05, 4.69) is 9.98 Å². The predicted octanol–water partition coefficient (Wildman–Crippen LogP) is 0.600. The number of aromatic nitrogens is 1. The average molecular weight is 316 g/mol. The zero-order valence-electron chi connectivity index (χ0n) is 11.8. The van der Waals surface area contributed by atoms with Gasteiger partial charge in [0.1, 0.15) is 36.2 Å². The number of pyridine rings is 1. The molecule has 0 bridgehead atoms. The smallest absolute Gasteiger partial charge is 0.267 e. The number of amides is 1. The third-order valence-corrected chi connectivity index (χ3v) is 3.58. The van der Waals surface area contributed by atoms with Crippen molar-refractivity contribution in [2.45, 2.75) is 18.1 Å². The van der Waals surface area contributed by atoms with Crippen LogP contribution < -0.4 is 11.5 Å². The molecule has 6 nitrogen and oxygen atoms in total. The maximum absolute atomic E-state index is 14.0. The highest BCUT2D eigenvalue weighted by Gasteiger charge is 2.46. The lowest BCUT2D eigenvalue weighted by atomic mass is 9.90. The molecule has 0 unspecified atom stereocenters. The molecular formula is C13H15F3N4O2. The number of ether oxygens (including phenoxy) is 1. The van der Waals surface area contributed by atoms with Crippen LogP contribution in [0.2, 0.25) is 0 Å². The van der Waals surface area contributed by atoms with Gasteiger partial charge in [-0.15, -0.1) is 0 Å². The van der Waals surface area contributed by atoms with Gasteiger partial charge < -0.3 is 16.2 Å². The highest BCUT2D eigenvalue weighted by molar-refractivity contribution is 5.91. The number of nitrogens with two attached hydrogens (primary N) is 2. The number of primary amides is 1. The first kappa shape index (κ1) is 16.2. The number of rotatable bonds is 4. The van der Waals surface area contributed by atoms with Crippen LogP contribution in [0.1, 0.15) is 23.0 Å². The minimum absolute atomic E-state index is 0.0504. The SMILES string of the molecule is C[C@@]1(c2cc(C(N)=O)ncc2F)COC(CF)(CF)C(N)=N1. The quantitative estimate of drug-likeness (QED) is 0.849. The second-order valence-corrected chi connectivity index (χ2v) is 5.23. The Morgan fingerprint density at radius 2 is 2.09 bits per heavy atom. The summed E-state index contributed by atoms with van der Waals surface area (Å²) in [6.07, 6.45) is 0.818. The van der Waals surface area contributed by atoms with Gasteiger partial charge in [0.2, 0.25) is 0 Å². The second-order valence-electron chi connectivity index (χ2n) is 5.23. The highest BCUT2D eigenvalue weighted by atomic mass is 19.1. The molecule has 1 aliphatic heterocycles. The number of aliphatic imine (C=N–C) groups is 1. The average Bonchev–Trinajstić information content (AvgIpc) is 2.48. The molecule has 0 spiro atoms. The Hall–Kier alpha value is -2.16. The normalized spacial score (nSPS) is 23.9. The van der Waals surface area contributed by atoms with E-state index in [1.165, 1.54) is 6.92 Å². The molecule has 0 aromatic carbocycles. The van der Waals surface area contributed by atoms with Crippen molar-refractivity contribution in [3.05, 3.63) is 29.3 Å². The maximum atomic E-state index is 14.0. The first-order chi connectivity index (χ1) is 10.3.